The fourth-order valence-corrected chi connectivity index (χ4v) is 2.84. The van der Waals surface area contributed by atoms with Crippen molar-refractivity contribution in [1.82, 2.24) is 14.3 Å². The predicted octanol–water partition coefficient (Wildman–Crippen LogP) is 1.78. The van der Waals surface area contributed by atoms with Crippen molar-refractivity contribution in [2.45, 2.75) is 19.4 Å². The monoisotopic (exact) mass is 319 g/mol. The summed E-state index contributed by atoms with van der Waals surface area (Å²) >= 11 is 5.87. The summed E-state index contributed by atoms with van der Waals surface area (Å²) in [5.41, 5.74) is 1.01. The third kappa shape index (κ3) is 5.76. The summed E-state index contributed by atoms with van der Waals surface area (Å²) in [4.78, 5) is 1.96. The first-order valence-corrected chi connectivity index (χ1v) is 8.38. The SMILES string of the molecule is CCCNS(=O)(=O)NCC(c1ccc(Cl)cc1)N(C)C. The van der Waals surface area contributed by atoms with Gasteiger partial charge in [-0.2, -0.15) is 8.42 Å². The van der Waals surface area contributed by atoms with Gasteiger partial charge in [0.1, 0.15) is 0 Å². The van der Waals surface area contributed by atoms with Crippen LogP contribution >= 0.6 is 11.6 Å². The van der Waals surface area contributed by atoms with E-state index in [2.05, 4.69) is 9.44 Å². The number of benzene rings is 1. The number of nitrogens with one attached hydrogen (secondary N) is 2. The second-order valence-corrected chi connectivity index (χ2v) is 6.80. The Morgan fingerprint density at radius 3 is 2.30 bits per heavy atom. The zero-order valence-corrected chi connectivity index (χ0v) is 13.6. The molecule has 2 N–H and O–H groups in total. The van der Waals surface area contributed by atoms with E-state index in [1.54, 1.807) is 12.1 Å². The average molecular weight is 320 g/mol. The number of nitrogens with zero attached hydrogens (tertiary/aromatic N) is 1. The summed E-state index contributed by atoms with van der Waals surface area (Å²) in [6, 6.07) is 7.36. The lowest BCUT2D eigenvalue weighted by Crippen LogP contribution is -2.41. The molecule has 0 aliphatic rings. The highest BCUT2D eigenvalue weighted by molar-refractivity contribution is 7.87. The van der Waals surface area contributed by atoms with E-state index in [1.165, 1.54) is 0 Å². The molecule has 1 aromatic carbocycles. The fourth-order valence-electron chi connectivity index (χ4n) is 1.76. The van der Waals surface area contributed by atoms with E-state index in [0.29, 0.717) is 18.1 Å². The minimum atomic E-state index is -3.44. The van der Waals surface area contributed by atoms with Gasteiger partial charge in [-0.3, -0.25) is 0 Å². The summed E-state index contributed by atoms with van der Waals surface area (Å²) in [7, 11) is 0.378. The van der Waals surface area contributed by atoms with Crippen LogP contribution < -0.4 is 9.44 Å². The molecule has 7 heteroatoms. The number of hydrogen-bond donors (Lipinski definition) is 2. The van der Waals surface area contributed by atoms with Crippen molar-refractivity contribution in [1.29, 1.82) is 0 Å². The molecule has 0 bridgehead atoms. The van der Waals surface area contributed by atoms with Crippen molar-refractivity contribution in [3.05, 3.63) is 34.9 Å². The van der Waals surface area contributed by atoms with Crippen LogP contribution in [0.15, 0.2) is 24.3 Å². The van der Waals surface area contributed by atoms with Crippen molar-refractivity contribution >= 4 is 21.8 Å². The van der Waals surface area contributed by atoms with Gasteiger partial charge in [-0.1, -0.05) is 30.7 Å². The second kappa shape index (κ2) is 7.95. The van der Waals surface area contributed by atoms with E-state index in [9.17, 15) is 8.42 Å². The standard InChI is InChI=1S/C13H22ClN3O2S/c1-4-9-15-20(18,19)16-10-13(17(2)3)11-5-7-12(14)8-6-11/h5-8,13,15-16H,4,9-10H2,1-3H3. The molecular weight excluding hydrogens is 298 g/mol. The molecule has 1 unspecified atom stereocenters. The van der Waals surface area contributed by atoms with Crippen LogP contribution in [0.4, 0.5) is 0 Å². The third-order valence-corrected chi connectivity index (χ3v) is 4.27. The number of rotatable bonds is 8. The zero-order chi connectivity index (χ0) is 15.2. The zero-order valence-electron chi connectivity index (χ0n) is 12.1. The molecular formula is C13H22ClN3O2S. The highest BCUT2D eigenvalue weighted by atomic mass is 35.5. The van der Waals surface area contributed by atoms with Crippen LogP contribution in [0.3, 0.4) is 0 Å². The van der Waals surface area contributed by atoms with Crippen LogP contribution in [0, 0.1) is 0 Å². The van der Waals surface area contributed by atoms with E-state index in [0.717, 1.165) is 12.0 Å². The maximum Gasteiger partial charge on any atom is 0.276 e. The van der Waals surface area contributed by atoms with Gasteiger partial charge in [0, 0.05) is 24.2 Å². The normalized spacial score (nSPS) is 13.7. The van der Waals surface area contributed by atoms with Crippen molar-refractivity contribution < 1.29 is 8.42 Å². The predicted molar refractivity (Wildman–Crippen MR) is 83.1 cm³/mol. The molecule has 0 heterocycles. The first kappa shape index (κ1) is 17.4. The highest BCUT2D eigenvalue weighted by Gasteiger charge is 2.17. The Hall–Kier alpha value is -0.660. The molecule has 0 aliphatic heterocycles. The lowest BCUT2D eigenvalue weighted by Gasteiger charge is -2.25. The third-order valence-electron chi connectivity index (χ3n) is 2.89. The number of likely N-dealkylation sites (N-methyl/N-ethyl adjacent to an activating group) is 1. The Balaban J connectivity index is 2.71. The minimum absolute atomic E-state index is 0.0505. The van der Waals surface area contributed by atoms with Gasteiger partial charge in [-0.25, -0.2) is 9.44 Å². The van der Waals surface area contributed by atoms with E-state index in [1.807, 2.05) is 38.1 Å². The van der Waals surface area contributed by atoms with Crippen LogP contribution in [-0.2, 0) is 10.2 Å². The smallest absolute Gasteiger partial charge is 0.276 e. The molecule has 1 rings (SSSR count). The van der Waals surface area contributed by atoms with Gasteiger partial charge in [0.2, 0.25) is 0 Å². The summed E-state index contributed by atoms with van der Waals surface area (Å²) in [6.45, 7) is 2.65. The molecule has 1 aromatic rings. The lowest BCUT2D eigenvalue weighted by atomic mass is 10.1. The Morgan fingerprint density at radius 2 is 1.80 bits per heavy atom. The van der Waals surface area contributed by atoms with Crippen LogP contribution in [0.5, 0.6) is 0 Å². The Bertz CT molecular complexity index is 503. The van der Waals surface area contributed by atoms with Gasteiger partial charge in [-0.05, 0) is 38.2 Å². The molecule has 0 spiro atoms. The lowest BCUT2D eigenvalue weighted by molar-refractivity contribution is 0.299. The average Bonchev–Trinajstić information content (AvgIpc) is 2.38. The number of hydrogen-bond acceptors (Lipinski definition) is 3. The molecule has 0 saturated carbocycles. The summed E-state index contributed by atoms with van der Waals surface area (Å²) in [6.07, 6.45) is 0.759. The van der Waals surface area contributed by atoms with Crippen molar-refractivity contribution in [3.63, 3.8) is 0 Å². The van der Waals surface area contributed by atoms with Gasteiger partial charge in [0.15, 0.2) is 0 Å². The molecule has 0 aliphatic carbocycles. The molecule has 0 aromatic heterocycles. The summed E-state index contributed by atoms with van der Waals surface area (Å²) < 4.78 is 28.5. The van der Waals surface area contributed by atoms with E-state index < -0.39 is 10.2 Å². The molecule has 114 valence electrons. The molecule has 20 heavy (non-hydrogen) atoms. The largest absolute Gasteiger partial charge is 0.301 e. The van der Waals surface area contributed by atoms with Crippen molar-refractivity contribution in [2.24, 2.45) is 0 Å². The van der Waals surface area contributed by atoms with Crippen LogP contribution in [0.2, 0.25) is 5.02 Å². The maximum atomic E-state index is 11.7. The van der Waals surface area contributed by atoms with E-state index in [-0.39, 0.29) is 6.04 Å². The molecule has 0 saturated heterocycles. The first-order valence-electron chi connectivity index (χ1n) is 6.52. The van der Waals surface area contributed by atoms with Gasteiger partial charge in [-0.15, -0.1) is 0 Å². The van der Waals surface area contributed by atoms with Gasteiger partial charge < -0.3 is 4.90 Å². The van der Waals surface area contributed by atoms with Gasteiger partial charge in [0.05, 0.1) is 0 Å². The quantitative estimate of drug-likeness (QED) is 0.768. The van der Waals surface area contributed by atoms with E-state index >= 15 is 0 Å². The van der Waals surface area contributed by atoms with E-state index in [4.69, 9.17) is 11.6 Å². The maximum absolute atomic E-state index is 11.7. The summed E-state index contributed by atoms with van der Waals surface area (Å²) in [5, 5.41) is 0.663. The Labute approximate surface area is 126 Å². The molecule has 0 amide bonds. The number of halogens is 1. The minimum Gasteiger partial charge on any atom is -0.301 e. The van der Waals surface area contributed by atoms with Gasteiger partial charge in [0.25, 0.3) is 10.2 Å². The Morgan fingerprint density at radius 1 is 1.20 bits per heavy atom. The Kier molecular flexibility index (Phi) is 6.91. The fraction of sp³-hybridized carbons (Fsp3) is 0.538. The van der Waals surface area contributed by atoms with Gasteiger partial charge >= 0.3 is 0 Å². The van der Waals surface area contributed by atoms with Crippen LogP contribution in [0.25, 0.3) is 0 Å². The molecule has 0 radical (unpaired) electrons. The second-order valence-electron chi connectivity index (χ2n) is 4.78. The first-order chi connectivity index (χ1) is 9.35. The van der Waals surface area contributed by atoms with Crippen molar-refractivity contribution in [3.8, 4) is 0 Å². The summed E-state index contributed by atoms with van der Waals surface area (Å²) in [5.74, 6) is 0. The molecule has 5 nitrogen and oxygen atoms in total. The topological polar surface area (TPSA) is 61.4 Å². The van der Waals surface area contributed by atoms with Crippen molar-refractivity contribution in [2.75, 3.05) is 27.2 Å². The highest BCUT2D eigenvalue weighted by Crippen LogP contribution is 2.19. The van der Waals surface area contributed by atoms with Crippen LogP contribution in [-0.4, -0.2) is 40.5 Å². The molecule has 1 atom stereocenters. The molecule has 0 fully saturated rings. The van der Waals surface area contributed by atoms with Crippen LogP contribution in [0.1, 0.15) is 24.9 Å².